The van der Waals surface area contributed by atoms with Gasteiger partial charge in [0.05, 0.1) is 10.6 Å². The zero-order valence-corrected chi connectivity index (χ0v) is 12.0. The SMILES string of the molecule is CNC(=O)c1nn(C)cc1NC(=O)c1c([N+](=O)[O-])cnn1C. The number of nitrogens with zero attached hydrogens (tertiary/aromatic N) is 5. The molecule has 0 spiro atoms. The van der Waals surface area contributed by atoms with Crippen LogP contribution in [-0.4, -0.2) is 43.3 Å². The van der Waals surface area contributed by atoms with E-state index in [1.807, 2.05) is 0 Å². The maximum absolute atomic E-state index is 12.2. The fourth-order valence-electron chi connectivity index (χ4n) is 1.87. The summed E-state index contributed by atoms with van der Waals surface area (Å²) in [6, 6.07) is 0. The molecule has 2 amide bonds. The van der Waals surface area contributed by atoms with Crippen LogP contribution in [0.25, 0.3) is 0 Å². The van der Waals surface area contributed by atoms with Gasteiger partial charge in [-0.15, -0.1) is 0 Å². The molecule has 0 bridgehead atoms. The predicted molar refractivity (Wildman–Crippen MR) is 74.4 cm³/mol. The van der Waals surface area contributed by atoms with Crippen molar-refractivity contribution in [2.75, 3.05) is 12.4 Å². The number of nitrogens with one attached hydrogen (secondary N) is 2. The molecule has 0 aliphatic heterocycles. The van der Waals surface area contributed by atoms with E-state index in [1.54, 1.807) is 7.05 Å². The molecule has 0 saturated heterocycles. The maximum Gasteiger partial charge on any atom is 0.320 e. The van der Waals surface area contributed by atoms with Gasteiger partial charge in [-0.2, -0.15) is 10.2 Å². The normalized spacial score (nSPS) is 10.3. The summed E-state index contributed by atoms with van der Waals surface area (Å²) in [4.78, 5) is 34.1. The number of rotatable bonds is 4. The van der Waals surface area contributed by atoms with Gasteiger partial charge in [-0.25, -0.2) is 0 Å². The van der Waals surface area contributed by atoms with Gasteiger partial charge < -0.3 is 10.6 Å². The Labute approximate surface area is 124 Å². The Hall–Kier alpha value is -3.24. The van der Waals surface area contributed by atoms with Crippen molar-refractivity contribution in [3.63, 3.8) is 0 Å². The first-order chi connectivity index (χ1) is 10.3. The molecule has 0 aromatic carbocycles. The van der Waals surface area contributed by atoms with E-state index in [1.165, 1.54) is 25.0 Å². The average molecular weight is 307 g/mol. The van der Waals surface area contributed by atoms with Gasteiger partial charge in [-0.1, -0.05) is 0 Å². The van der Waals surface area contributed by atoms with Crippen molar-refractivity contribution in [2.24, 2.45) is 14.1 Å². The van der Waals surface area contributed by atoms with Crippen molar-refractivity contribution in [3.05, 3.63) is 33.9 Å². The van der Waals surface area contributed by atoms with Crippen LogP contribution in [0.15, 0.2) is 12.4 Å². The van der Waals surface area contributed by atoms with Crippen molar-refractivity contribution in [3.8, 4) is 0 Å². The van der Waals surface area contributed by atoms with Crippen molar-refractivity contribution in [1.82, 2.24) is 24.9 Å². The van der Waals surface area contributed by atoms with Crippen molar-refractivity contribution in [2.45, 2.75) is 0 Å². The number of anilines is 1. The molecule has 0 aliphatic rings. The molecule has 116 valence electrons. The molecule has 2 heterocycles. The highest BCUT2D eigenvalue weighted by atomic mass is 16.6. The average Bonchev–Trinajstić information content (AvgIpc) is 3.01. The molecule has 11 nitrogen and oxygen atoms in total. The number of nitro groups is 1. The summed E-state index contributed by atoms with van der Waals surface area (Å²) in [5, 5.41) is 23.4. The number of aryl methyl sites for hydroxylation is 2. The highest BCUT2D eigenvalue weighted by molar-refractivity contribution is 6.09. The van der Waals surface area contributed by atoms with E-state index >= 15 is 0 Å². The van der Waals surface area contributed by atoms with E-state index in [0.717, 1.165) is 10.9 Å². The smallest absolute Gasteiger partial charge is 0.320 e. The minimum atomic E-state index is -0.759. The molecular formula is C11H13N7O4. The van der Waals surface area contributed by atoms with Gasteiger partial charge in [0.2, 0.25) is 5.69 Å². The highest BCUT2D eigenvalue weighted by Crippen LogP contribution is 2.20. The summed E-state index contributed by atoms with van der Waals surface area (Å²) in [7, 11) is 4.41. The quantitative estimate of drug-likeness (QED) is 0.586. The zero-order chi connectivity index (χ0) is 16.4. The van der Waals surface area contributed by atoms with Crippen LogP contribution in [0.1, 0.15) is 21.0 Å². The minimum Gasteiger partial charge on any atom is -0.354 e. The van der Waals surface area contributed by atoms with E-state index in [0.29, 0.717) is 0 Å². The van der Waals surface area contributed by atoms with E-state index in [-0.39, 0.29) is 17.1 Å². The molecule has 0 aliphatic carbocycles. The Kier molecular flexibility index (Phi) is 3.88. The van der Waals surface area contributed by atoms with Crippen LogP contribution in [-0.2, 0) is 14.1 Å². The summed E-state index contributed by atoms with van der Waals surface area (Å²) in [6.45, 7) is 0. The van der Waals surface area contributed by atoms with Crippen LogP contribution in [0, 0.1) is 10.1 Å². The second-order valence-electron chi connectivity index (χ2n) is 4.36. The highest BCUT2D eigenvalue weighted by Gasteiger charge is 2.27. The molecule has 0 radical (unpaired) electrons. The largest absolute Gasteiger partial charge is 0.354 e. The molecule has 2 aromatic rings. The Morgan fingerprint density at radius 1 is 1.32 bits per heavy atom. The summed E-state index contributed by atoms with van der Waals surface area (Å²) in [5.74, 6) is -1.25. The Morgan fingerprint density at radius 3 is 2.59 bits per heavy atom. The number of carbonyl (C=O) groups is 2. The lowest BCUT2D eigenvalue weighted by Crippen LogP contribution is -2.22. The zero-order valence-electron chi connectivity index (χ0n) is 12.0. The topological polar surface area (TPSA) is 137 Å². The molecule has 2 N–H and O–H groups in total. The van der Waals surface area contributed by atoms with E-state index in [4.69, 9.17) is 0 Å². The van der Waals surface area contributed by atoms with Crippen LogP contribution >= 0.6 is 0 Å². The van der Waals surface area contributed by atoms with Crippen LogP contribution in [0.5, 0.6) is 0 Å². The molecular weight excluding hydrogens is 294 g/mol. The molecule has 11 heteroatoms. The fraction of sp³-hybridized carbons (Fsp3) is 0.273. The van der Waals surface area contributed by atoms with Gasteiger partial charge in [0.15, 0.2) is 5.69 Å². The Balaban J connectivity index is 2.36. The molecule has 2 aromatic heterocycles. The lowest BCUT2D eigenvalue weighted by molar-refractivity contribution is -0.385. The molecule has 0 fully saturated rings. The third-order valence-electron chi connectivity index (χ3n) is 2.85. The van der Waals surface area contributed by atoms with E-state index < -0.39 is 22.4 Å². The summed E-state index contributed by atoms with van der Waals surface area (Å²) in [6.07, 6.45) is 2.41. The summed E-state index contributed by atoms with van der Waals surface area (Å²) >= 11 is 0. The Morgan fingerprint density at radius 2 is 2.00 bits per heavy atom. The molecule has 22 heavy (non-hydrogen) atoms. The van der Waals surface area contributed by atoms with Crippen LogP contribution in [0.4, 0.5) is 11.4 Å². The van der Waals surface area contributed by atoms with Gasteiger partial charge in [0.25, 0.3) is 11.8 Å². The van der Waals surface area contributed by atoms with Gasteiger partial charge in [0, 0.05) is 27.3 Å². The monoisotopic (exact) mass is 307 g/mol. The third-order valence-corrected chi connectivity index (χ3v) is 2.85. The standard InChI is InChI=1S/C11H13N7O4/c1-12-10(19)8-6(5-16(2)15-8)14-11(20)9-7(18(21)22)4-13-17(9)3/h4-5H,1-3H3,(H,12,19)(H,14,20). The van der Waals surface area contributed by atoms with Crippen molar-refractivity contribution in [1.29, 1.82) is 0 Å². The summed E-state index contributed by atoms with van der Waals surface area (Å²) in [5.41, 5.74) is -0.507. The lowest BCUT2D eigenvalue weighted by atomic mass is 10.3. The van der Waals surface area contributed by atoms with Crippen LogP contribution < -0.4 is 10.6 Å². The van der Waals surface area contributed by atoms with Crippen LogP contribution in [0.3, 0.4) is 0 Å². The predicted octanol–water partition coefficient (Wildman–Crippen LogP) is -0.326. The van der Waals surface area contributed by atoms with E-state index in [9.17, 15) is 19.7 Å². The summed E-state index contributed by atoms with van der Waals surface area (Å²) < 4.78 is 2.43. The first-order valence-electron chi connectivity index (χ1n) is 6.08. The van der Waals surface area contributed by atoms with Crippen LogP contribution in [0.2, 0.25) is 0 Å². The first kappa shape index (κ1) is 15.2. The third kappa shape index (κ3) is 2.63. The molecule has 0 atom stereocenters. The van der Waals surface area contributed by atoms with Crippen molar-refractivity contribution < 1.29 is 14.5 Å². The van der Waals surface area contributed by atoms with Gasteiger partial charge in [0.1, 0.15) is 6.20 Å². The van der Waals surface area contributed by atoms with Gasteiger partial charge in [-0.3, -0.25) is 29.1 Å². The lowest BCUT2D eigenvalue weighted by Gasteiger charge is -2.04. The number of hydrogen-bond acceptors (Lipinski definition) is 6. The first-order valence-corrected chi connectivity index (χ1v) is 6.08. The molecule has 0 saturated carbocycles. The Bertz CT molecular complexity index is 761. The van der Waals surface area contributed by atoms with Gasteiger partial charge in [-0.05, 0) is 0 Å². The minimum absolute atomic E-state index is 0.00294. The van der Waals surface area contributed by atoms with Crippen molar-refractivity contribution >= 4 is 23.2 Å². The second kappa shape index (κ2) is 5.63. The number of amides is 2. The number of carbonyl (C=O) groups excluding carboxylic acids is 2. The second-order valence-corrected chi connectivity index (χ2v) is 4.36. The van der Waals surface area contributed by atoms with Gasteiger partial charge >= 0.3 is 5.69 Å². The van der Waals surface area contributed by atoms with E-state index in [2.05, 4.69) is 20.8 Å². The molecule has 2 rings (SSSR count). The number of hydrogen-bond donors (Lipinski definition) is 2. The fourth-order valence-corrected chi connectivity index (χ4v) is 1.87. The number of aromatic nitrogens is 4. The molecule has 0 unspecified atom stereocenters. The maximum atomic E-state index is 12.2.